The van der Waals surface area contributed by atoms with Crippen LogP contribution in [-0.2, 0) is 44.8 Å². The summed E-state index contributed by atoms with van der Waals surface area (Å²) >= 11 is 0. The monoisotopic (exact) mass is 812 g/mol. The van der Waals surface area contributed by atoms with Crippen LogP contribution in [0.1, 0.15) is 92.6 Å². The van der Waals surface area contributed by atoms with E-state index >= 15 is 0 Å². The van der Waals surface area contributed by atoms with E-state index in [1.165, 1.54) is 6.92 Å². The smallest absolute Gasteiger partial charge is 0.243 e. The van der Waals surface area contributed by atoms with Gasteiger partial charge >= 0.3 is 0 Å². The zero-order valence-corrected chi connectivity index (χ0v) is 34.7. The highest BCUT2D eigenvalue weighted by Gasteiger charge is 2.35. The number of hydrogen-bond donors (Lipinski definition) is 10. The van der Waals surface area contributed by atoms with Gasteiger partial charge in [0.1, 0.15) is 36.3 Å². The molecule has 0 bridgehead atoms. The third-order valence-corrected chi connectivity index (χ3v) is 9.55. The van der Waals surface area contributed by atoms with Crippen molar-refractivity contribution in [2.75, 3.05) is 6.54 Å². The Labute approximate surface area is 340 Å². The highest BCUT2D eigenvalue weighted by molar-refractivity contribution is 5.97. The van der Waals surface area contributed by atoms with Crippen molar-refractivity contribution in [3.63, 3.8) is 0 Å². The molecule has 1 aromatic carbocycles. The minimum Gasteiger partial charge on any atom is -0.370 e. The number of carbonyl (C=O) groups is 8. The normalized spacial score (nSPS) is 14.5. The van der Waals surface area contributed by atoms with E-state index in [9.17, 15) is 38.4 Å². The number of aromatic nitrogens is 1. The molecular formula is C40H64N10O8. The van der Waals surface area contributed by atoms with Gasteiger partial charge in [-0.3, -0.25) is 38.4 Å². The van der Waals surface area contributed by atoms with Crippen molar-refractivity contribution in [3.05, 3.63) is 36.0 Å². The van der Waals surface area contributed by atoms with Crippen LogP contribution in [0.15, 0.2) is 30.5 Å². The van der Waals surface area contributed by atoms with Crippen molar-refractivity contribution in [1.29, 1.82) is 0 Å². The van der Waals surface area contributed by atoms with Gasteiger partial charge in [0.25, 0.3) is 0 Å². The molecule has 322 valence electrons. The van der Waals surface area contributed by atoms with Crippen LogP contribution < -0.4 is 49.1 Å². The van der Waals surface area contributed by atoms with E-state index in [-0.39, 0.29) is 43.9 Å². The molecule has 0 aliphatic heterocycles. The van der Waals surface area contributed by atoms with Gasteiger partial charge in [-0.25, -0.2) is 0 Å². The summed E-state index contributed by atoms with van der Waals surface area (Å²) in [5.74, 6) is -6.34. The Morgan fingerprint density at radius 3 is 1.72 bits per heavy atom. The van der Waals surface area contributed by atoms with E-state index in [0.717, 1.165) is 10.9 Å². The third kappa shape index (κ3) is 15.8. The van der Waals surface area contributed by atoms with E-state index in [2.05, 4.69) is 36.9 Å². The zero-order chi connectivity index (χ0) is 43.7. The summed E-state index contributed by atoms with van der Waals surface area (Å²) in [5, 5.41) is 16.8. The van der Waals surface area contributed by atoms with Crippen molar-refractivity contribution in [1.82, 2.24) is 36.9 Å². The standard InChI is InChI=1S/C40H64N10O8/c1-21(2)18-30(49-39(57)33(22(3)4)45-24(7)51)37(55)47-29(15-16-32(42)52)36(54)48-31(19-25-20-44-27-13-9-8-12-26(25)27)38(56)50-34(23(5)6)40(58)46-28(35(43)53)14-10-11-17-41/h8-9,12-13,20-23,28-31,33-34,44H,10-11,14-19,41H2,1-7H3,(H2,42,52)(H2,43,53)(H,45,51)(H,46,58)(H,47,55)(H,48,54)(H,49,57)(H,50,56)/t28-,29-,30-,31-,33-,34-/m0/s1. The van der Waals surface area contributed by atoms with Gasteiger partial charge in [-0.15, -0.1) is 0 Å². The molecule has 18 heteroatoms. The van der Waals surface area contributed by atoms with Crippen LogP contribution in [0.3, 0.4) is 0 Å². The van der Waals surface area contributed by atoms with E-state index in [0.29, 0.717) is 24.9 Å². The summed E-state index contributed by atoms with van der Waals surface area (Å²) < 4.78 is 0. The van der Waals surface area contributed by atoms with Gasteiger partial charge < -0.3 is 54.1 Å². The molecule has 0 aliphatic carbocycles. The number of carbonyl (C=O) groups excluding carboxylic acids is 8. The van der Waals surface area contributed by atoms with Gasteiger partial charge in [-0.1, -0.05) is 59.7 Å². The Bertz CT molecular complexity index is 1740. The first-order chi connectivity index (χ1) is 27.2. The van der Waals surface area contributed by atoms with Gasteiger partial charge in [-0.05, 0) is 68.0 Å². The maximum atomic E-state index is 14.2. The summed E-state index contributed by atoms with van der Waals surface area (Å²) in [6.45, 7) is 12.2. The highest BCUT2D eigenvalue weighted by atomic mass is 16.2. The van der Waals surface area contributed by atoms with E-state index in [1.54, 1.807) is 33.9 Å². The number of primary amides is 2. The molecule has 2 aromatic rings. The van der Waals surface area contributed by atoms with Crippen LogP contribution in [0.4, 0.5) is 0 Å². The minimum atomic E-state index is -1.39. The fourth-order valence-electron chi connectivity index (χ4n) is 6.38. The summed E-state index contributed by atoms with van der Waals surface area (Å²) in [6, 6.07) is 0.394. The van der Waals surface area contributed by atoms with Crippen LogP contribution in [0.25, 0.3) is 10.9 Å². The average molecular weight is 813 g/mol. The Morgan fingerprint density at radius 1 is 0.638 bits per heavy atom. The van der Waals surface area contributed by atoms with Crippen molar-refractivity contribution in [2.45, 2.75) is 130 Å². The van der Waals surface area contributed by atoms with Gasteiger partial charge in [0, 0.05) is 36.9 Å². The minimum absolute atomic E-state index is 0.0563. The highest BCUT2D eigenvalue weighted by Crippen LogP contribution is 2.20. The Balaban J connectivity index is 2.47. The lowest BCUT2D eigenvalue weighted by molar-refractivity contribution is -0.136. The van der Waals surface area contributed by atoms with Gasteiger partial charge in [0.15, 0.2) is 0 Å². The van der Waals surface area contributed by atoms with Gasteiger partial charge in [0.2, 0.25) is 47.3 Å². The Kier molecular flexibility index (Phi) is 19.8. The SMILES string of the molecule is CC(=O)N[C@H](C(=O)N[C@@H](CC(C)C)C(=O)N[C@@H](CCC(N)=O)C(=O)N[C@@H](Cc1c[nH]c2ccccc12)C(=O)N[C@H](C(=O)N[C@@H](CCCCN)C(N)=O)C(C)C)C(C)C. The van der Waals surface area contributed by atoms with Crippen molar-refractivity contribution < 1.29 is 38.4 Å². The van der Waals surface area contributed by atoms with Gasteiger partial charge in [-0.2, -0.15) is 0 Å². The summed E-state index contributed by atoms with van der Waals surface area (Å²) in [7, 11) is 0. The lowest BCUT2D eigenvalue weighted by Gasteiger charge is -2.29. The van der Waals surface area contributed by atoms with Crippen molar-refractivity contribution in [2.24, 2.45) is 35.0 Å². The molecular weight excluding hydrogens is 749 g/mol. The van der Waals surface area contributed by atoms with E-state index in [1.807, 2.05) is 38.1 Å². The number of amides is 8. The number of para-hydroxylation sites is 1. The lowest BCUT2D eigenvalue weighted by atomic mass is 9.98. The maximum Gasteiger partial charge on any atom is 0.243 e. The second-order valence-corrected chi connectivity index (χ2v) is 15.8. The van der Waals surface area contributed by atoms with Gasteiger partial charge in [0.05, 0.1) is 0 Å². The fourth-order valence-corrected chi connectivity index (χ4v) is 6.38. The predicted molar refractivity (Wildman–Crippen MR) is 219 cm³/mol. The number of fused-ring (bicyclic) bond motifs is 1. The van der Waals surface area contributed by atoms with Crippen LogP contribution in [0.5, 0.6) is 0 Å². The quantitative estimate of drug-likeness (QED) is 0.0597. The molecule has 58 heavy (non-hydrogen) atoms. The predicted octanol–water partition coefficient (Wildman–Crippen LogP) is -0.123. The van der Waals surface area contributed by atoms with Crippen LogP contribution in [-0.4, -0.2) is 95.0 Å². The number of rotatable bonds is 25. The lowest BCUT2D eigenvalue weighted by Crippen LogP contribution is -2.61. The largest absolute Gasteiger partial charge is 0.370 e. The maximum absolute atomic E-state index is 14.2. The molecule has 0 saturated carbocycles. The molecule has 0 spiro atoms. The zero-order valence-electron chi connectivity index (χ0n) is 34.7. The third-order valence-electron chi connectivity index (χ3n) is 9.55. The van der Waals surface area contributed by atoms with Crippen molar-refractivity contribution in [3.8, 4) is 0 Å². The molecule has 18 nitrogen and oxygen atoms in total. The molecule has 1 aromatic heterocycles. The summed E-state index contributed by atoms with van der Waals surface area (Å²) in [4.78, 5) is 108. The van der Waals surface area contributed by atoms with E-state index < -0.39 is 89.4 Å². The average Bonchev–Trinajstić information content (AvgIpc) is 3.55. The molecule has 0 unspecified atom stereocenters. The second kappa shape index (κ2) is 23.6. The number of hydrogen-bond acceptors (Lipinski definition) is 9. The first-order valence-electron chi connectivity index (χ1n) is 19.9. The van der Waals surface area contributed by atoms with Crippen LogP contribution in [0.2, 0.25) is 0 Å². The summed E-state index contributed by atoms with van der Waals surface area (Å²) in [5.41, 5.74) is 18.0. The molecule has 0 aliphatic rings. The molecule has 6 atom stereocenters. The number of unbranched alkanes of at least 4 members (excludes halogenated alkanes) is 1. The summed E-state index contributed by atoms with van der Waals surface area (Å²) in [6.07, 6.45) is 2.66. The Morgan fingerprint density at radius 2 is 1.17 bits per heavy atom. The van der Waals surface area contributed by atoms with Crippen LogP contribution >= 0.6 is 0 Å². The number of nitrogens with two attached hydrogens (primary N) is 3. The number of nitrogens with one attached hydrogen (secondary N) is 7. The first-order valence-corrected chi connectivity index (χ1v) is 19.9. The fraction of sp³-hybridized carbons (Fsp3) is 0.600. The topological polar surface area (TPSA) is 303 Å². The van der Waals surface area contributed by atoms with Crippen LogP contribution in [0, 0.1) is 17.8 Å². The molecule has 0 fully saturated rings. The molecule has 1 heterocycles. The first kappa shape index (κ1) is 48.6. The Hall–Kier alpha value is -5.52. The number of H-pyrrole nitrogens is 1. The number of aromatic amines is 1. The molecule has 8 amide bonds. The second-order valence-electron chi connectivity index (χ2n) is 15.8. The molecule has 2 rings (SSSR count). The number of benzene rings is 1. The van der Waals surface area contributed by atoms with Crippen molar-refractivity contribution >= 4 is 58.2 Å². The van der Waals surface area contributed by atoms with E-state index in [4.69, 9.17) is 17.2 Å². The molecule has 0 saturated heterocycles. The molecule has 13 N–H and O–H groups in total. The molecule has 0 radical (unpaired) electrons.